The Morgan fingerprint density at radius 1 is 1.15 bits per heavy atom. The summed E-state index contributed by atoms with van der Waals surface area (Å²) in [7, 11) is 0. The van der Waals surface area contributed by atoms with Gasteiger partial charge in [0.1, 0.15) is 5.67 Å². The van der Waals surface area contributed by atoms with Gasteiger partial charge in [-0.15, -0.1) is 0 Å². The van der Waals surface area contributed by atoms with Gasteiger partial charge in [0.2, 0.25) is 0 Å². The van der Waals surface area contributed by atoms with Crippen LogP contribution in [0.1, 0.15) is 38.5 Å². The Labute approximate surface area is 121 Å². The minimum atomic E-state index is -1.01. The Bertz CT molecular complexity index is 524. The third-order valence-electron chi connectivity index (χ3n) is 4.78. The molecule has 0 heterocycles. The van der Waals surface area contributed by atoms with E-state index in [1.54, 1.807) is 0 Å². The first-order chi connectivity index (χ1) is 9.43. The van der Waals surface area contributed by atoms with Gasteiger partial charge in [0.05, 0.1) is 11.6 Å². The van der Waals surface area contributed by atoms with E-state index in [1.807, 2.05) is 0 Å². The molecule has 2 aliphatic carbocycles. The summed E-state index contributed by atoms with van der Waals surface area (Å²) in [6, 6.07) is 2.24. The summed E-state index contributed by atoms with van der Waals surface area (Å²) in [6.07, 6.45) is 4.08. The van der Waals surface area contributed by atoms with Crippen molar-refractivity contribution in [2.24, 2.45) is 5.41 Å². The van der Waals surface area contributed by atoms with Gasteiger partial charge in [-0.25, -0.2) is 13.2 Å². The number of halogens is 4. The summed E-state index contributed by atoms with van der Waals surface area (Å²) in [4.78, 5) is 0. The molecule has 0 atom stereocenters. The Morgan fingerprint density at radius 3 is 2.45 bits per heavy atom. The minimum absolute atomic E-state index is 0.0414. The summed E-state index contributed by atoms with van der Waals surface area (Å²) in [6.45, 7) is 0.185. The highest BCUT2D eigenvalue weighted by Crippen LogP contribution is 2.59. The van der Waals surface area contributed by atoms with Gasteiger partial charge < -0.3 is 4.74 Å². The SMILES string of the molecule is Fc1ccc(Cl)c(F)c1OCCC12CCC(F)(CC1)C2. The van der Waals surface area contributed by atoms with Crippen molar-refractivity contribution >= 4 is 11.6 Å². The highest BCUT2D eigenvalue weighted by Gasteiger charge is 2.54. The molecule has 1 nitrogen and oxygen atoms in total. The molecule has 0 N–H and O–H groups in total. The Balaban J connectivity index is 1.63. The summed E-state index contributed by atoms with van der Waals surface area (Å²) >= 11 is 5.60. The van der Waals surface area contributed by atoms with Gasteiger partial charge >= 0.3 is 0 Å². The molecule has 2 aliphatic rings. The largest absolute Gasteiger partial charge is 0.488 e. The predicted octanol–water partition coefficient (Wildman–Crippen LogP) is 5.06. The summed E-state index contributed by atoms with van der Waals surface area (Å²) < 4.78 is 46.5. The zero-order valence-electron chi connectivity index (χ0n) is 11.0. The van der Waals surface area contributed by atoms with Crippen LogP contribution in [0.5, 0.6) is 5.75 Å². The van der Waals surface area contributed by atoms with E-state index in [0.29, 0.717) is 25.7 Å². The van der Waals surface area contributed by atoms with Crippen molar-refractivity contribution in [2.45, 2.75) is 44.2 Å². The fourth-order valence-corrected chi connectivity index (χ4v) is 3.75. The van der Waals surface area contributed by atoms with E-state index in [0.717, 1.165) is 25.0 Å². The van der Waals surface area contributed by atoms with E-state index in [9.17, 15) is 13.2 Å². The molecule has 0 aliphatic heterocycles. The van der Waals surface area contributed by atoms with Gasteiger partial charge in [0.15, 0.2) is 17.4 Å². The number of hydrogen-bond donors (Lipinski definition) is 0. The summed E-state index contributed by atoms with van der Waals surface area (Å²) in [5.74, 6) is -2.07. The lowest BCUT2D eigenvalue weighted by molar-refractivity contribution is 0.174. The van der Waals surface area contributed by atoms with Gasteiger partial charge in [-0.3, -0.25) is 0 Å². The smallest absolute Gasteiger partial charge is 0.192 e. The molecule has 2 bridgehead atoms. The van der Waals surface area contributed by atoms with Gasteiger partial charge in [0, 0.05) is 0 Å². The van der Waals surface area contributed by atoms with Crippen molar-refractivity contribution in [3.63, 3.8) is 0 Å². The van der Waals surface area contributed by atoms with Crippen molar-refractivity contribution in [1.29, 1.82) is 0 Å². The van der Waals surface area contributed by atoms with E-state index in [2.05, 4.69) is 0 Å². The molecule has 0 radical (unpaired) electrons. The molecule has 2 saturated carbocycles. The van der Waals surface area contributed by atoms with Crippen LogP contribution in [-0.2, 0) is 0 Å². The molecular weight excluding hydrogens is 289 g/mol. The van der Waals surface area contributed by atoms with Crippen LogP contribution in [0.25, 0.3) is 0 Å². The molecule has 5 heteroatoms. The van der Waals surface area contributed by atoms with E-state index < -0.39 is 23.1 Å². The number of rotatable bonds is 4. The molecule has 1 aromatic carbocycles. The maximum Gasteiger partial charge on any atom is 0.192 e. The molecule has 20 heavy (non-hydrogen) atoms. The number of fused-ring (bicyclic) bond motifs is 2. The van der Waals surface area contributed by atoms with Crippen LogP contribution in [0.4, 0.5) is 13.2 Å². The molecule has 2 fully saturated rings. The molecule has 1 aromatic rings. The molecular formula is C15H16ClF3O. The summed E-state index contributed by atoms with van der Waals surface area (Å²) in [5, 5.41) is -0.163. The lowest BCUT2D eigenvalue weighted by atomic mass is 9.81. The maximum atomic E-state index is 14.1. The Hall–Kier alpha value is -0.900. The van der Waals surface area contributed by atoms with Crippen molar-refractivity contribution in [3.05, 3.63) is 28.8 Å². The highest BCUT2D eigenvalue weighted by molar-refractivity contribution is 6.30. The van der Waals surface area contributed by atoms with Gasteiger partial charge in [0.25, 0.3) is 0 Å². The first-order valence-corrected chi connectivity index (χ1v) is 7.26. The van der Waals surface area contributed by atoms with Gasteiger partial charge in [-0.05, 0) is 56.1 Å². The predicted molar refractivity (Wildman–Crippen MR) is 70.8 cm³/mol. The second-order valence-corrected chi connectivity index (χ2v) is 6.51. The quantitative estimate of drug-likeness (QED) is 0.707. The molecule has 0 unspecified atom stereocenters. The fraction of sp³-hybridized carbons (Fsp3) is 0.600. The molecule has 0 spiro atoms. The van der Waals surface area contributed by atoms with Crippen LogP contribution in [0.3, 0.4) is 0 Å². The van der Waals surface area contributed by atoms with E-state index >= 15 is 0 Å². The lowest BCUT2D eigenvalue weighted by Gasteiger charge is -2.26. The fourth-order valence-electron chi connectivity index (χ4n) is 3.60. The van der Waals surface area contributed by atoms with E-state index in [4.69, 9.17) is 16.3 Å². The molecule has 3 rings (SSSR count). The Morgan fingerprint density at radius 2 is 1.85 bits per heavy atom. The summed E-state index contributed by atoms with van der Waals surface area (Å²) in [5.41, 5.74) is -1.05. The number of benzene rings is 1. The van der Waals surface area contributed by atoms with Crippen LogP contribution in [0.2, 0.25) is 5.02 Å². The molecule has 0 saturated heterocycles. The Kier molecular flexibility index (Phi) is 3.39. The highest BCUT2D eigenvalue weighted by atomic mass is 35.5. The van der Waals surface area contributed by atoms with Crippen molar-refractivity contribution in [1.82, 2.24) is 0 Å². The van der Waals surface area contributed by atoms with Crippen LogP contribution in [-0.4, -0.2) is 12.3 Å². The number of alkyl halides is 1. The van der Waals surface area contributed by atoms with Crippen LogP contribution < -0.4 is 4.74 Å². The zero-order valence-corrected chi connectivity index (χ0v) is 11.8. The monoisotopic (exact) mass is 304 g/mol. The first kappa shape index (κ1) is 14.1. The lowest BCUT2D eigenvalue weighted by Crippen LogP contribution is -2.18. The van der Waals surface area contributed by atoms with Crippen LogP contribution in [0.15, 0.2) is 12.1 Å². The van der Waals surface area contributed by atoms with Crippen LogP contribution in [0, 0.1) is 17.0 Å². The van der Waals surface area contributed by atoms with E-state index in [1.165, 1.54) is 0 Å². The normalized spacial score (nSPS) is 31.8. The third kappa shape index (κ3) is 2.39. The van der Waals surface area contributed by atoms with E-state index in [-0.39, 0.29) is 17.0 Å². The average Bonchev–Trinajstić information content (AvgIpc) is 2.92. The number of ether oxygens (including phenoxy) is 1. The molecule has 0 amide bonds. The minimum Gasteiger partial charge on any atom is -0.488 e. The second-order valence-electron chi connectivity index (χ2n) is 6.10. The molecule has 0 aromatic heterocycles. The van der Waals surface area contributed by atoms with Crippen molar-refractivity contribution in [2.75, 3.05) is 6.61 Å². The zero-order chi connectivity index (χ0) is 14.4. The topological polar surface area (TPSA) is 9.23 Å². The van der Waals surface area contributed by atoms with Crippen LogP contribution >= 0.6 is 11.6 Å². The molecule has 110 valence electrons. The van der Waals surface area contributed by atoms with Gasteiger partial charge in [-0.2, -0.15) is 0 Å². The van der Waals surface area contributed by atoms with Gasteiger partial charge in [-0.1, -0.05) is 11.6 Å². The second kappa shape index (κ2) is 4.83. The standard InChI is InChI=1S/C15H16ClF3O/c16-10-1-2-11(17)13(12(10)18)20-8-7-14-3-5-15(19,9-14)6-4-14/h1-2H,3-9H2. The van der Waals surface area contributed by atoms with Crippen molar-refractivity contribution < 1.29 is 17.9 Å². The first-order valence-electron chi connectivity index (χ1n) is 6.88. The number of hydrogen-bond acceptors (Lipinski definition) is 1. The van der Waals surface area contributed by atoms with Crippen molar-refractivity contribution in [3.8, 4) is 5.75 Å². The average molecular weight is 305 g/mol. The third-order valence-corrected chi connectivity index (χ3v) is 5.07. The maximum absolute atomic E-state index is 14.1.